The minimum Gasteiger partial charge on any atom is -0.508 e. The average Bonchev–Trinajstić information content (AvgIpc) is 3.24. The van der Waals surface area contributed by atoms with Gasteiger partial charge in [-0.2, -0.15) is 4.80 Å². The Morgan fingerprint density at radius 1 is 1.06 bits per heavy atom. The van der Waals surface area contributed by atoms with E-state index in [0.29, 0.717) is 12.4 Å². The van der Waals surface area contributed by atoms with E-state index in [0.717, 1.165) is 36.7 Å². The molecule has 0 saturated carbocycles. The number of carbonyl (C=O) groups excluding carboxylic acids is 1. The van der Waals surface area contributed by atoms with Crippen molar-refractivity contribution in [1.82, 2.24) is 30.4 Å². The van der Waals surface area contributed by atoms with Crippen molar-refractivity contribution in [3.63, 3.8) is 0 Å². The van der Waals surface area contributed by atoms with Crippen LogP contribution in [0.5, 0.6) is 5.75 Å². The van der Waals surface area contributed by atoms with E-state index in [1.165, 1.54) is 23.2 Å². The van der Waals surface area contributed by atoms with Crippen molar-refractivity contribution < 1.29 is 9.90 Å². The summed E-state index contributed by atoms with van der Waals surface area (Å²) >= 11 is 0. The van der Waals surface area contributed by atoms with Crippen LogP contribution in [0.2, 0.25) is 0 Å². The highest BCUT2D eigenvalue weighted by Gasteiger charge is 2.16. The largest absolute Gasteiger partial charge is 0.508 e. The van der Waals surface area contributed by atoms with Gasteiger partial charge in [0.15, 0.2) is 0 Å². The van der Waals surface area contributed by atoms with Crippen LogP contribution >= 0.6 is 0 Å². The maximum atomic E-state index is 12.2. The van der Waals surface area contributed by atoms with Gasteiger partial charge in [-0.15, -0.1) is 10.2 Å². The van der Waals surface area contributed by atoms with Gasteiger partial charge in [0.25, 0.3) is 0 Å². The van der Waals surface area contributed by atoms with E-state index in [1.807, 2.05) is 12.1 Å². The van der Waals surface area contributed by atoms with Gasteiger partial charge in [-0.25, -0.2) is 0 Å². The number of aromatic nitrogens is 4. The molecule has 1 aliphatic rings. The van der Waals surface area contributed by atoms with Crippen LogP contribution < -0.4 is 5.32 Å². The summed E-state index contributed by atoms with van der Waals surface area (Å²) in [6, 6.07) is 14.9. The molecule has 1 aromatic heterocycles. The minimum atomic E-state index is -0.205. The van der Waals surface area contributed by atoms with Crippen molar-refractivity contribution in [2.45, 2.75) is 39.4 Å². The standard InChI is InChI=1S/C23H28N6O2/c1-17-10-12-28(13-11-17)15-19-2-6-20(7-3-19)23-25-27-29(26-23)16-22(31)24-14-18-4-8-21(30)9-5-18/h2-9,17,30H,10-16H2,1H3,(H,24,31). The van der Waals surface area contributed by atoms with E-state index < -0.39 is 0 Å². The summed E-state index contributed by atoms with van der Waals surface area (Å²) < 4.78 is 0. The smallest absolute Gasteiger partial charge is 0.243 e. The van der Waals surface area contributed by atoms with Gasteiger partial charge in [-0.05, 0) is 60.3 Å². The first-order valence-corrected chi connectivity index (χ1v) is 10.7. The molecule has 2 N–H and O–H groups in total. The molecule has 2 heterocycles. The maximum absolute atomic E-state index is 12.2. The molecule has 1 amide bonds. The zero-order chi connectivity index (χ0) is 21.6. The molecule has 31 heavy (non-hydrogen) atoms. The molecular weight excluding hydrogens is 392 g/mol. The van der Waals surface area contributed by atoms with Crippen LogP contribution in [0, 0.1) is 5.92 Å². The van der Waals surface area contributed by atoms with Crippen LogP contribution in [-0.2, 0) is 24.4 Å². The number of benzene rings is 2. The summed E-state index contributed by atoms with van der Waals surface area (Å²) in [6.45, 7) is 5.98. The number of hydrogen-bond donors (Lipinski definition) is 2. The summed E-state index contributed by atoms with van der Waals surface area (Å²) in [5.41, 5.74) is 3.06. The number of aromatic hydroxyl groups is 1. The van der Waals surface area contributed by atoms with Crippen LogP contribution in [0.25, 0.3) is 11.4 Å². The Morgan fingerprint density at radius 3 is 2.45 bits per heavy atom. The molecule has 162 valence electrons. The molecule has 0 unspecified atom stereocenters. The molecule has 0 atom stereocenters. The van der Waals surface area contributed by atoms with Gasteiger partial charge < -0.3 is 10.4 Å². The number of phenolic OH excluding ortho intramolecular Hbond substituents is 1. The first kappa shape index (κ1) is 21.0. The van der Waals surface area contributed by atoms with Gasteiger partial charge in [0.05, 0.1) is 0 Å². The van der Waals surface area contributed by atoms with Crippen molar-refractivity contribution >= 4 is 5.91 Å². The maximum Gasteiger partial charge on any atom is 0.243 e. The van der Waals surface area contributed by atoms with Gasteiger partial charge in [-0.1, -0.05) is 43.3 Å². The topological polar surface area (TPSA) is 96.2 Å². The normalized spacial score (nSPS) is 15.1. The van der Waals surface area contributed by atoms with Gasteiger partial charge in [0, 0.05) is 18.7 Å². The van der Waals surface area contributed by atoms with Crippen molar-refractivity contribution in [2.24, 2.45) is 5.92 Å². The summed E-state index contributed by atoms with van der Waals surface area (Å²) in [7, 11) is 0. The third kappa shape index (κ3) is 5.88. The van der Waals surface area contributed by atoms with E-state index in [4.69, 9.17) is 0 Å². The molecule has 0 bridgehead atoms. The number of nitrogens with one attached hydrogen (secondary N) is 1. The number of amides is 1. The minimum absolute atomic E-state index is 0.00342. The van der Waals surface area contributed by atoms with Crippen LogP contribution in [-0.4, -0.2) is 49.2 Å². The fourth-order valence-electron chi connectivity index (χ4n) is 3.66. The SMILES string of the molecule is CC1CCN(Cc2ccc(-c3nnn(CC(=O)NCc4ccc(O)cc4)n3)cc2)CC1. The summed E-state index contributed by atoms with van der Waals surface area (Å²) in [5.74, 6) is 1.33. The molecule has 0 radical (unpaired) electrons. The summed E-state index contributed by atoms with van der Waals surface area (Å²) in [5, 5.41) is 24.5. The molecule has 8 nitrogen and oxygen atoms in total. The fourth-order valence-corrected chi connectivity index (χ4v) is 3.66. The molecule has 8 heteroatoms. The molecule has 1 fully saturated rings. The number of carbonyl (C=O) groups is 1. The number of likely N-dealkylation sites (tertiary alicyclic amines) is 1. The third-order valence-corrected chi connectivity index (χ3v) is 5.66. The van der Waals surface area contributed by atoms with E-state index >= 15 is 0 Å². The molecule has 2 aromatic carbocycles. The Hall–Kier alpha value is -3.26. The first-order chi connectivity index (χ1) is 15.0. The van der Waals surface area contributed by atoms with Gasteiger partial charge in [0.2, 0.25) is 11.7 Å². The predicted molar refractivity (Wildman–Crippen MR) is 117 cm³/mol. The first-order valence-electron chi connectivity index (χ1n) is 10.7. The van der Waals surface area contributed by atoms with Crippen LogP contribution in [0.4, 0.5) is 0 Å². The molecule has 0 spiro atoms. The quantitative estimate of drug-likeness (QED) is 0.610. The van der Waals surface area contributed by atoms with Crippen LogP contribution in [0.3, 0.4) is 0 Å². The van der Waals surface area contributed by atoms with Crippen molar-refractivity contribution in [3.8, 4) is 17.1 Å². The number of nitrogens with zero attached hydrogens (tertiary/aromatic N) is 5. The second-order valence-corrected chi connectivity index (χ2v) is 8.24. The average molecular weight is 421 g/mol. The molecule has 1 saturated heterocycles. The lowest BCUT2D eigenvalue weighted by Crippen LogP contribution is -2.32. The van der Waals surface area contributed by atoms with Gasteiger partial charge in [0.1, 0.15) is 12.3 Å². The third-order valence-electron chi connectivity index (χ3n) is 5.66. The zero-order valence-corrected chi connectivity index (χ0v) is 17.7. The lowest BCUT2D eigenvalue weighted by molar-refractivity contribution is -0.122. The fraction of sp³-hybridized carbons (Fsp3) is 0.391. The van der Waals surface area contributed by atoms with E-state index in [1.54, 1.807) is 24.3 Å². The molecule has 3 aromatic rings. The Balaban J connectivity index is 1.28. The molecular formula is C23H28N6O2. The lowest BCUT2D eigenvalue weighted by atomic mass is 9.99. The van der Waals surface area contributed by atoms with E-state index in [2.05, 4.69) is 44.7 Å². The Labute approximate surface area is 181 Å². The lowest BCUT2D eigenvalue weighted by Gasteiger charge is -2.30. The number of piperidine rings is 1. The van der Waals surface area contributed by atoms with Crippen LogP contribution in [0.15, 0.2) is 48.5 Å². The highest BCUT2D eigenvalue weighted by atomic mass is 16.3. The van der Waals surface area contributed by atoms with Crippen molar-refractivity contribution in [1.29, 1.82) is 0 Å². The van der Waals surface area contributed by atoms with Crippen molar-refractivity contribution in [2.75, 3.05) is 13.1 Å². The number of tetrazole rings is 1. The second-order valence-electron chi connectivity index (χ2n) is 8.24. The van der Waals surface area contributed by atoms with E-state index in [-0.39, 0.29) is 18.2 Å². The zero-order valence-electron chi connectivity index (χ0n) is 17.7. The Morgan fingerprint density at radius 2 is 1.74 bits per heavy atom. The molecule has 1 aliphatic heterocycles. The van der Waals surface area contributed by atoms with E-state index in [9.17, 15) is 9.90 Å². The Kier molecular flexibility index (Phi) is 6.57. The summed E-state index contributed by atoms with van der Waals surface area (Å²) in [4.78, 5) is 16.0. The molecule has 4 rings (SSSR count). The van der Waals surface area contributed by atoms with Gasteiger partial charge >= 0.3 is 0 Å². The summed E-state index contributed by atoms with van der Waals surface area (Å²) in [6.07, 6.45) is 2.54. The van der Waals surface area contributed by atoms with Gasteiger partial charge in [-0.3, -0.25) is 9.69 Å². The van der Waals surface area contributed by atoms with Crippen molar-refractivity contribution in [3.05, 3.63) is 59.7 Å². The van der Waals surface area contributed by atoms with Crippen LogP contribution in [0.1, 0.15) is 30.9 Å². The Bertz CT molecular complexity index is 992. The number of hydrogen-bond acceptors (Lipinski definition) is 6. The number of phenols is 1. The second kappa shape index (κ2) is 9.70. The highest BCUT2D eigenvalue weighted by molar-refractivity contribution is 5.75. The number of rotatable bonds is 7. The highest BCUT2D eigenvalue weighted by Crippen LogP contribution is 2.20. The molecule has 0 aliphatic carbocycles. The monoisotopic (exact) mass is 420 g/mol. The predicted octanol–water partition coefficient (Wildman–Crippen LogP) is 2.59.